The maximum absolute atomic E-state index is 5.24. The molecule has 0 aliphatic heterocycles. The molecule has 4 heteroatoms. The third kappa shape index (κ3) is 4.31. The fraction of sp³-hybridized carbons (Fsp3) is 0.833. The summed E-state index contributed by atoms with van der Waals surface area (Å²) < 4.78 is 5.24. The Hall–Kier alpha value is -0.900. The molecule has 0 spiro atoms. The van der Waals surface area contributed by atoms with Gasteiger partial charge in [-0.3, -0.25) is 0 Å². The van der Waals surface area contributed by atoms with E-state index in [1.165, 1.54) is 6.42 Å². The third-order valence-corrected chi connectivity index (χ3v) is 2.53. The molecule has 0 amide bonds. The molecule has 0 saturated carbocycles. The highest BCUT2D eigenvalue weighted by Gasteiger charge is 2.12. The number of rotatable bonds is 8. The molecule has 0 bridgehead atoms. The smallest absolute Gasteiger partial charge is 0.228 e. The molecule has 1 aromatic rings. The molecule has 1 atom stereocenters. The number of nitrogens with one attached hydrogen (secondary N) is 1. The summed E-state index contributed by atoms with van der Waals surface area (Å²) in [4.78, 5) is 4.39. The molecule has 4 nitrogen and oxygen atoms in total. The first kappa shape index (κ1) is 13.2. The third-order valence-electron chi connectivity index (χ3n) is 2.53. The van der Waals surface area contributed by atoms with Gasteiger partial charge in [-0.15, -0.1) is 0 Å². The van der Waals surface area contributed by atoms with E-state index in [2.05, 4.69) is 36.2 Å². The Morgan fingerprint density at radius 1 is 1.25 bits per heavy atom. The van der Waals surface area contributed by atoms with E-state index in [9.17, 15) is 0 Å². The molecule has 0 radical (unpaired) electrons. The van der Waals surface area contributed by atoms with Crippen molar-refractivity contribution in [2.75, 3.05) is 6.54 Å². The Balaban J connectivity index is 2.48. The average molecular weight is 225 g/mol. The van der Waals surface area contributed by atoms with Gasteiger partial charge in [0, 0.05) is 18.9 Å². The molecular formula is C12H23N3O. The molecule has 0 aliphatic rings. The zero-order valence-corrected chi connectivity index (χ0v) is 10.6. The second-order valence-corrected chi connectivity index (χ2v) is 4.10. The maximum Gasteiger partial charge on any atom is 0.228 e. The van der Waals surface area contributed by atoms with E-state index in [4.69, 9.17) is 4.52 Å². The van der Waals surface area contributed by atoms with Crippen LogP contribution in [0.1, 0.15) is 51.7 Å². The van der Waals surface area contributed by atoms with Gasteiger partial charge in [0.05, 0.1) is 0 Å². The van der Waals surface area contributed by atoms with Crippen molar-refractivity contribution in [3.63, 3.8) is 0 Å². The van der Waals surface area contributed by atoms with E-state index in [1.54, 1.807) is 0 Å². The molecule has 16 heavy (non-hydrogen) atoms. The lowest BCUT2D eigenvalue weighted by Gasteiger charge is -2.14. The van der Waals surface area contributed by atoms with Crippen LogP contribution < -0.4 is 5.32 Å². The van der Waals surface area contributed by atoms with Gasteiger partial charge in [-0.1, -0.05) is 32.3 Å². The number of aromatic nitrogens is 2. The number of hydrogen-bond acceptors (Lipinski definition) is 4. The van der Waals surface area contributed by atoms with Crippen LogP contribution in [0.15, 0.2) is 4.52 Å². The lowest BCUT2D eigenvalue weighted by Crippen LogP contribution is -2.30. The average Bonchev–Trinajstić information content (AvgIpc) is 2.67. The Kier molecular flexibility index (Phi) is 6.08. The van der Waals surface area contributed by atoms with Crippen molar-refractivity contribution in [3.8, 4) is 0 Å². The summed E-state index contributed by atoms with van der Waals surface area (Å²) in [6, 6.07) is 0.463. The summed E-state index contributed by atoms with van der Waals surface area (Å²) in [6.45, 7) is 7.43. The first-order valence-corrected chi connectivity index (χ1v) is 6.34. The normalized spacial score (nSPS) is 12.9. The highest BCUT2D eigenvalue weighted by atomic mass is 16.5. The van der Waals surface area contributed by atoms with Crippen molar-refractivity contribution in [1.82, 2.24) is 15.5 Å². The molecule has 0 fully saturated rings. The van der Waals surface area contributed by atoms with Gasteiger partial charge in [0.2, 0.25) is 5.89 Å². The van der Waals surface area contributed by atoms with Gasteiger partial charge in [-0.25, -0.2) is 0 Å². The summed E-state index contributed by atoms with van der Waals surface area (Å²) >= 11 is 0. The summed E-state index contributed by atoms with van der Waals surface area (Å²) in [7, 11) is 0. The molecule has 0 aliphatic carbocycles. The first-order valence-electron chi connectivity index (χ1n) is 6.34. The SMILES string of the molecule is CCCc1noc(CC(CCC)NCC)n1. The summed E-state index contributed by atoms with van der Waals surface area (Å²) in [5.74, 6) is 1.60. The van der Waals surface area contributed by atoms with Crippen LogP contribution in [-0.2, 0) is 12.8 Å². The molecule has 92 valence electrons. The van der Waals surface area contributed by atoms with Crippen LogP contribution in [0.5, 0.6) is 0 Å². The summed E-state index contributed by atoms with van der Waals surface area (Å²) in [6.07, 6.45) is 5.14. The molecule has 1 aromatic heterocycles. The molecule has 1 N–H and O–H groups in total. The van der Waals surface area contributed by atoms with Crippen molar-refractivity contribution in [1.29, 1.82) is 0 Å². The van der Waals surface area contributed by atoms with Crippen LogP contribution >= 0.6 is 0 Å². The van der Waals surface area contributed by atoms with Crippen LogP contribution in [0.2, 0.25) is 0 Å². The predicted octanol–water partition coefficient (Wildman–Crippen LogP) is 2.34. The number of nitrogens with zero attached hydrogens (tertiary/aromatic N) is 2. The van der Waals surface area contributed by atoms with E-state index in [-0.39, 0.29) is 0 Å². The van der Waals surface area contributed by atoms with Gasteiger partial charge in [-0.05, 0) is 19.4 Å². The fourth-order valence-electron chi connectivity index (χ4n) is 1.82. The molecular weight excluding hydrogens is 202 g/mol. The minimum Gasteiger partial charge on any atom is -0.339 e. The molecule has 1 unspecified atom stereocenters. The van der Waals surface area contributed by atoms with Gasteiger partial charge in [-0.2, -0.15) is 4.98 Å². The van der Waals surface area contributed by atoms with E-state index in [0.29, 0.717) is 6.04 Å². The predicted molar refractivity (Wildman–Crippen MR) is 64.4 cm³/mol. The Morgan fingerprint density at radius 2 is 2.06 bits per heavy atom. The number of likely N-dealkylation sites (N-methyl/N-ethyl adjacent to an activating group) is 1. The van der Waals surface area contributed by atoms with Crippen LogP contribution in [0, 0.1) is 0 Å². The summed E-state index contributed by atoms with van der Waals surface area (Å²) in [5.41, 5.74) is 0. The van der Waals surface area contributed by atoms with Crippen molar-refractivity contribution in [2.24, 2.45) is 0 Å². The zero-order chi connectivity index (χ0) is 11.8. The Bertz CT molecular complexity index is 280. The first-order chi connectivity index (χ1) is 7.80. The number of hydrogen-bond donors (Lipinski definition) is 1. The van der Waals surface area contributed by atoms with Crippen molar-refractivity contribution >= 4 is 0 Å². The molecule has 0 saturated heterocycles. The lowest BCUT2D eigenvalue weighted by atomic mass is 10.1. The van der Waals surface area contributed by atoms with Crippen molar-refractivity contribution in [3.05, 3.63) is 11.7 Å². The molecule has 1 heterocycles. The van der Waals surface area contributed by atoms with Crippen LogP contribution in [-0.4, -0.2) is 22.7 Å². The van der Waals surface area contributed by atoms with Gasteiger partial charge < -0.3 is 9.84 Å². The topological polar surface area (TPSA) is 51.0 Å². The largest absolute Gasteiger partial charge is 0.339 e. The Labute approximate surface area is 97.8 Å². The van der Waals surface area contributed by atoms with Gasteiger partial charge >= 0.3 is 0 Å². The molecule has 0 aromatic carbocycles. The minimum absolute atomic E-state index is 0.463. The summed E-state index contributed by atoms with van der Waals surface area (Å²) in [5, 5.41) is 7.41. The van der Waals surface area contributed by atoms with Crippen LogP contribution in [0.4, 0.5) is 0 Å². The van der Waals surface area contributed by atoms with Crippen molar-refractivity contribution < 1.29 is 4.52 Å². The van der Waals surface area contributed by atoms with E-state index in [1.807, 2.05) is 0 Å². The molecule has 1 rings (SSSR count). The minimum atomic E-state index is 0.463. The lowest BCUT2D eigenvalue weighted by molar-refractivity contribution is 0.348. The van der Waals surface area contributed by atoms with E-state index >= 15 is 0 Å². The monoisotopic (exact) mass is 225 g/mol. The van der Waals surface area contributed by atoms with E-state index < -0.39 is 0 Å². The van der Waals surface area contributed by atoms with Gasteiger partial charge in [0.25, 0.3) is 0 Å². The van der Waals surface area contributed by atoms with Crippen LogP contribution in [0.25, 0.3) is 0 Å². The highest BCUT2D eigenvalue weighted by Crippen LogP contribution is 2.07. The van der Waals surface area contributed by atoms with Crippen molar-refractivity contribution in [2.45, 2.75) is 58.9 Å². The number of aryl methyl sites for hydroxylation is 1. The maximum atomic E-state index is 5.24. The second kappa shape index (κ2) is 7.39. The zero-order valence-electron chi connectivity index (χ0n) is 10.6. The van der Waals surface area contributed by atoms with E-state index in [0.717, 1.165) is 43.9 Å². The van der Waals surface area contributed by atoms with Gasteiger partial charge in [0.15, 0.2) is 5.82 Å². The standard InChI is InChI=1S/C12H23N3O/c1-4-7-10(13-6-3)9-12-14-11(8-5-2)15-16-12/h10,13H,4-9H2,1-3H3. The van der Waals surface area contributed by atoms with Crippen LogP contribution in [0.3, 0.4) is 0 Å². The highest BCUT2D eigenvalue weighted by molar-refractivity contribution is 4.89. The quantitative estimate of drug-likeness (QED) is 0.738. The fourth-order valence-corrected chi connectivity index (χ4v) is 1.82. The van der Waals surface area contributed by atoms with Gasteiger partial charge in [0.1, 0.15) is 0 Å². The second-order valence-electron chi connectivity index (χ2n) is 4.10. The Morgan fingerprint density at radius 3 is 2.69 bits per heavy atom.